The van der Waals surface area contributed by atoms with Gasteiger partial charge in [0.1, 0.15) is 11.3 Å². The zero-order chi connectivity index (χ0) is 14.4. The molecule has 2 rings (SSSR count). The molecule has 0 aliphatic heterocycles. The van der Waals surface area contributed by atoms with Crippen LogP contribution in [0.5, 0.6) is 0 Å². The van der Waals surface area contributed by atoms with E-state index in [2.05, 4.69) is 55.3 Å². The second kappa shape index (κ2) is 7.17. The molecule has 1 N–H and O–H groups in total. The van der Waals surface area contributed by atoms with Crippen molar-refractivity contribution in [3.63, 3.8) is 0 Å². The van der Waals surface area contributed by atoms with Gasteiger partial charge in [-0.1, -0.05) is 18.6 Å². The molecule has 1 heterocycles. The van der Waals surface area contributed by atoms with Crippen LogP contribution in [0.15, 0.2) is 28.7 Å². The van der Waals surface area contributed by atoms with Gasteiger partial charge in [0.15, 0.2) is 0 Å². The highest BCUT2D eigenvalue weighted by Gasteiger charge is 2.15. The average molecular weight is 269 g/mol. The monoisotopic (exact) mass is 269 g/mol. The molecule has 2 aromatic rings. The molecule has 106 valence electrons. The van der Waals surface area contributed by atoms with Crippen LogP contribution in [0.3, 0.4) is 0 Å². The van der Waals surface area contributed by atoms with Crippen molar-refractivity contribution in [2.45, 2.75) is 46.1 Å². The summed E-state index contributed by atoms with van der Waals surface area (Å²) < 4.78 is 6.00. The molecule has 0 aliphatic carbocycles. The van der Waals surface area contributed by atoms with E-state index in [0.29, 0.717) is 0 Å². The van der Waals surface area contributed by atoms with E-state index < -0.39 is 0 Å². The van der Waals surface area contributed by atoms with E-state index in [-0.39, 0.29) is 6.04 Å². The standard InChI is InChI=1S/C18H23NO/c1-4-6-7-8-16(19-11-5-2)18-13-15-12-14(3)9-10-17(15)20-18/h9-10,12-13,16,19H,5,7-8,11H2,1-3H3. The summed E-state index contributed by atoms with van der Waals surface area (Å²) in [6, 6.07) is 8.73. The molecule has 20 heavy (non-hydrogen) atoms. The second-order valence-electron chi connectivity index (χ2n) is 5.16. The van der Waals surface area contributed by atoms with Gasteiger partial charge in [-0.3, -0.25) is 0 Å². The second-order valence-corrected chi connectivity index (χ2v) is 5.16. The van der Waals surface area contributed by atoms with Crippen LogP contribution in [0, 0.1) is 18.8 Å². The fraction of sp³-hybridized carbons (Fsp3) is 0.444. The highest BCUT2D eigenvalue weighted by Crippen LogP contribution is 2.27. The zero-order valence-corrected chi connectivity index (χ0v) is 12.6. The quantitative estimate of drug-likeness (QED) is 0.776. The Kier molecular flexibility index (Phi) is 5.26. The number of hydrogen-bond donors (Lipinski definition) is 1. The maximum atomic E-state index is 6.00. The van der Waals surface area contributed by atoms with Gasteiger partial charge < -0.3 is 9.73 Å². The first kappa shape index (κ1) is 14.7. The first-order valence-corrected chi connectivity index (χ1v) is 7.37. The van der Waals surface area contributed by atoms with Crippen molar-refractivity contribution in [3.05, 3.63) is 35.6 Å². The molecule has 0 saturated heterocycles. The molecular weight excluding hydrogens is 246 g/mol. The minimum absolute atomic E-state index is 0.253. The number of fused-ring (bicyclic) bond motifs is 1. The van der Waals surface area contributed by atoms with Crippen molar-refractivity contribution in [2.24, 2.45) is 0 Å². The molecule has 1 aromatic heterocycles. The van der Waals surface area contributed by atoms with Crippen molar-refractivity contribution in [2.75, 3.05) is 6.54 Å². The zero-order valence-electron chi connectivity index (χ0n) is 12.6. The molecular formula is C18H23NO. The lowest BCUT2D eigenvalue weighted by Gasteiger charge is -2.14. The molecule has 0 fully saturated rings. The van der Waals surface area contributed by atoms with E-state index in [4.69, 9.17) is 4.42 Å². The molecule has 2 nitrogen and oxygen atoms in total. The molecule has 0 spiro atoms. The summed E-state index contributed by atoms with van der Waals surface area (Å²) in [6.07, 6.45) is 3.00. The molecule has 0 bridgehead atoms. The lowest BCUT2D eigenvalue weighted by Crippen LogP contribution is -2.21. The number of benzene rings is 1. The summed E-state index contributed by atoms with van der Waals surface area (Å²) in [4.78, 5) is 0. The first-order valence-electron chi connectivity index (χ1n) is 7.37. The predicted octanol–water partition coefficient (Wildman–Crippen LogP) is 4.59. The van der Waals surface area contributed by atoms with Crippen LogP contribution in [0.1, 0.15) is 50.5 Å². The summed E-state index contributed by atoms with van der Waals surface area (Å²) in [5, 5.41) is 4.74. The molecule has 1 unspecified atom stereocenters. The van der Waals surface area contributed by atoms with Crippen molar-refractivity contribution in [1.82, 2.24) is 5.32 Å². The van der Waals surface area contributed by atoms with Crippen LogP contribution < -0.4 is 5.32 Å². The summed E-state index contributed by atoms with van der Waals surface area (Å²) in [5.74, 6) is 7.12. The maximum Gasteiger partial charge on any atom is 0.134 e. The van der Waals surface area contributed by atoms with Crippen LogP contribution in [-0.4, -0.2) is 6.54 Å². The van der Waals surface area contributed by atoms with Crippen molar-refractivity contribution < 1.29 is 4.42 Å². The van der Waals surface area contributed by atoms with Crippen LogP contribution in [0.4, 0.5) is 0 Å². The summed E-state index contributed by atoms with van der Waals surface area (Å²) >= 11 is 0. The van der Waals surface area contributed by atoms with Crippen molar-refractivity contribution in [3.8, 4) is 11.8 Å². The topological polar surface area (TPSA) is 25.2 Å². The van der Waals surface area contributed by atoms with Gasteiger partial charge in [0.05, 0.1) is 6.04 Å². The molecule has 0 radical (unpaired) electrons. The lowest BCUT2D eigenvalue weighted by molar-refractivity contribution is 0.414. The molecule has 0 aliphatic rings. The Morgan fingerprint density at radius 1 is 1.30 bits per heavy atom. The maximum absolute atomic E-state index is 6.00. The Balaban J connectivity index is 2.21. The Bertz CT molecular complexity index is 615. The van der Waals surface area contributed by atoms with E-state index in [1.54, 1.807) is 0 Å². The molecule has 0 amide bonds. The minimum atomic E-state index is 0.253. The van der Waals surface area contributed by atoms with E-state index in [0.717, 1.165) is 37.2 Å². The van der Waals surface area contributed by atoms with E-state index in [1.165, 1.54) is 10.9 Å². The fourth-order valence-electron chi connectivity index (χ4n) is 2.36. The lowest BCUT2D eigenvalue weighted by atomic mass is 10.1. The largest absolute Gasteiger partial charge is 0.459 e. The van der Waals surface area contributed by atoms with Crippen molar-refractivity contribution >= 4 is 11.0 Å². The number of hydrogen-bond acceptors (Lipinski definition) is 2. The average Bonchev–Trinajstić information content (AvgIpc) is 2.85. The normalized spacial score (nSPS) is 12.2. The van der Waals surface area contributed by atoms with Gasteiger partial charge in [-0.05, 0) is 51.4 Å². The first-order chi connectivity index (χ1) is 9.74. The smallest absolute Gasteiger partial charge is 0.134 e. The highest BCUT2D eigenvalue weighted by atomic mass is 16.3. The van der Waals surface area contributed by atoms with Gasteiger partial charge in [-0.2, -0.15) is 0 Å². The van der Waals surface area contributed by atoms with Gasteiger partial charge in [0, 0.05) is 11.8 Å². The predicted molar refractivity (Wildman–Crippen MR) is 84.7 cm³/mol. The number of rotatable bonds is 6. The van der Waals surface area contributed by atoms with E-state index in [9.17, 15) is 0 Å². The van der Waals surface area contributed by atoms with Crippen LogP contribution in [0.25, 0.3) is 11.0 Å². The molecule has 2 heteroatoms. The van der Waals surface area contributed by atoms with Gasteiger partial charge in [-0.15, -0.1) is 11.8 Å². The van der Waals surface area contributed by atoms with Crippen LogP contribution in [0.2, 0.25) is 0 Å². The minimum Gasteiger partial charge on any atom is -0.459 e. The highest BCUT2D eigenvalue weighted by molar-refractivity contribution is 5.78. The third-order valence-electron chi connectivity index (χ3n) is 3.41. The third-order valence-corrected chi connectivity index (χ3v) is 3.41. The van der Waals surface area contributed by atoms with Crippen LogP contribution >= 0.6 is 0 Å². The number of aryl methyl sites for hydroxylation is 1. The number of furan rings is 1. The Morgan fingerprint density at radius 3 is 2.90 bits per heavy atom. The Morgan fingerprint density at radius 2 is 2.15 bits per heavy atom. The fourth-order valence-corrected chi connectivity index (χ4v) is 2.36. The van der Waals surface area contributed by atoms with Gasteiger partial charge >= 0.3 is 0 Å². The van der Waals surface area contributed by atoms with Gasteiger partial charge in [-0.25, -0.2) is 0 Å². The summed E-state index contributed by atoms with van der Waals surface area (Å²) in [7, 11) is 0. The molecule has 1 atom stereocenters. The van der Waals surface area contributed by atoms with E-state index in [1.807, 2.05) is 6.92 Å². The third kappa shape index (κ3) is 3.65. The SMILES string of the molecule is CC#CCCC(NCCC)c1cc2cc(C)ccc2o1. The van der Waals surface area contributed by atoms with Gasteiger partial charge in [0.2, 0.25) is 0 Å². The Hall–Kier alpha value is -1.72. The summed E-state index contributed by atoms with van der Waals surface area (Å²) in [5.41, 5.74) is 2.23. The Labute approximate surface area is 121 Å². The van der Waals surface area contributed by atoms with Crippen LogP contribution in [-0.2, 0) is 0 Å². The molecule has 1 aromatic carbocycles. The van der Waals surface area contributed by atoms with Gasteiger partial charge in [0.25, 0.3) is 0 Å². The summed E-state index contributed by atoms with van der Waals surface area (Å²) in [6.45, 7) is 7.17. The van der Waals surface area contributed by atoms with E-state index >= 15 is 0 Å². The number of nitrogens with one attached hydrogen (secondary N) is 1. The van der Waals surface area contributed by atoms with Crippen molar-refractivity contribution in [1.29, 1.82) is 0 Å². The molecule has 0 saturated carbocycles.